The van der Waals surface area contributed by atoms with Gasteiger partial charge in [-0.1, -0.05) is 0 Å². The molecule has 0 spiro atoms. The molecule has 0 radical (unpaired) electrons. The number of benzene rings is 1. The monoisotopic (exact) mass is 289 g/mol. The van der Waals surface area contributed by atoms with Gasteiger partial charge < -0.3 is 20.5 Å². The van der Waals surface area contributed by atoms with Crippen LogP contribution in [0, 0.1) is 0 Å². The quantitative estimate of drug-likeness (QED) is 0.767. The number of pyridine rings is 1. The zero-order valence-electron chi connectivity index (χ0n) is 12.8. The first-order valence-corrected chi connectivity index (χ1v) is 7.16. The molecule has 1 aromatic heterocycles. The zero-order chi connectivity index (χ0) is 15.2. The van der Waals surface area contributed by atoms with Gasteiger partial charge in [-0.3, -0.25) is 4.98 Å². The van der Waals surface area contributed by atoms with E-state index in [-0.39, 0.29) is 6.04 Å². The number of methoxy groups -OCH3 is 2. The molecular weight excluding hydrogens is 266 g/mol. The normalized spacial score (nSPS) is 12.2. The van der Waals surface area contributed by atoms with Crippen LogP contribution in [0.25, 0.3) is 10.9 Å². The highest BCUT2D eigenvalue weighted by Gasteiger charge is 2.13. The minimum absolute atomic E-state index is 0.229. The number of hydrogen-bond acceptors (Lipinski definition) is 5. The van der Waals surface area contributed by atoms with Crippen molar-refractivity contribution >= 4 is 16.6 Å². The number of rotatable bonds is 7. The summed E-state index contributed by atoms with van der Waals surface area (Å²) in [6, 6.07) is 6.04. The Kier molecular flexibility index (Phi) is 5.22. The third kappa shape index (κ3) is 3.55. The Morgan fingerprint density at radius 1 is 1.33 bits per heavy atom. The molecular formula is C16H23N3O2. The predicted molar refractivity (Wildman–Crippen MR) is 86.2 cm³/mol. The van der Waals surface area contributed by atoms with E-state index in [1.165, 1.54) is 0 Å². The van der Waals surface area contributed by atoms with Gasteiger partial charge in [0.2, 0.25) is 0 Å². The fraction of sp³-hybridized carbons (Fsp3) is 0.438. The van der Waals surface area contributed by atoms with E-state index < -0.39 is 0 Å². The molecule has 114 valence electrons. The largest absolute Gasteiger partial charge is 0.493 e. The molecule has 2 aromatic rings. The number of anilines is 1. The van der Waals surface area contributed by atoms with E-state index in [4.69, 9.17) is 15.2 Å². The predicted octanol–water partition coefficient (Wildman–Crippen LogP) is 2.79. The summed E-state index contributed by atoms with van der Waals surface area (Å²) < 4.78 is 10.9. The van der Waals surface area contributed by atoms with Gasteiger partial charge in [0, 0.05) is 30.2 Å². The average molecular weight is 289 g/mol. The molecule has 5 heteroatoms. The summed E-state index contributed by atoms with van der Waals surface area (Å²) in [5.41, 5.74) is 7.61. The molecule has 0 aliphatic carbocycles. The van der Waals surface area contributed by atoms with Crippen LogP contribution in [0.1, 0.15) is 19.8 Å². The molecule has 2 rings (SSSR count). The van der Waals surface area contributed by atoms with Crippen molar-refractivity contribution in [2.75, 3.05) is 26.1 Å². The maximum atomic E-state index is 5.77. The smallest absolute Gasteiger partial charge is 0.170 e. The Bertz CT molecular complexity index is 599. The lowest BCUT2D eigenvalue weighted by atomic mass is 10.1. The highest BCUT2D eigenvalue weighted by Crippen LogP contribution is 2.39. The summed E-state index contributed by atoms with van der Waals surface area (Å²) in [5.74, 6) is 1.41. The minimum Gasteiger partial charge on any atom is -0.493 e. The van der Waals surface area contributed by atoms with E-state index in [9.17, 15) is 0 Å². The fourth-order valence-electron chi connectivity index (χ4n) is 2.34. The van der Waals surface area contributed by atoms with E-state index in [1.807, 2.05) is 25.1 Å². The third-order valence-corrected chi connectivity index (χ3v) is 3.38. The maximum Gasteiger partial charge on any atom is 0.170 e. The van der Waals surface area contributed by atoms with Crippen LogP contribution in [-0.2, 0) is 0 Å². The fourth-order valence-corrected chi connectivity index (χ4v) is 2.34. The van der Waals surface area contributed by atoms with Gasteiger partial charge in [0.05, 0.1) is 25.4 Å². The van der Waals surface area contributed by atoms with E-state index in [0.29, 0.717) is 11.5 Å². The van der Waals surface area contributed by atoms with Crippen LogP contribution >= 0.6 is 0 Å². The Morgan fingerprint density at radius 2 is 2.14 bits per heavy atom. The standard InChI is InChI=1S/C16H23N3O2/c1-11(17)6-4-8-18-13-10-14(20-2)16(21-3)12-7-5-9-19-15(12)13/h5,7,9-11,18H,4,6,8,17H2,1-3H3. The number of ether oxygens (including phenoxy) is 2. The molecule has 1 unspecified atom stereocenters. The van der Waals surface area contributed by atoms with Crippen LogP contribution in [0.15, 0.2) is 24.4 Å². The molecule has 5 nitrogen and oxygen atoms in total. The molecule has 0 bridgehead atoms. The molecule has 0 aliphatic heterocycles. The molecule has 3 N–H and O–H groups in total. The SMILES string of the molecule is COc1cc(NCCCC(C)N)c2ncccc2c1OC. The van der Waals surface area contributed by atoms with Gasteiger partial charge >= 0.3 is 0 Å². The molecule has 0 fully saturated rings. The average Bonchev–Trinajstić information content (AvgIpc) is 2.50. The van der Waals surface area contributed by atoms with Crippen molar-refractivity contribution in [1.82, 2.24) is 4.98 Å². The van der Waals surface area contributed by atoms with Crippen molar-refractivity contribution in [3.8, 4) is 11.5 Å². The maximum absolute atomic E-state index is 5.77. The van der Waals surface area contributed by atoms with Gasteiger partial charge in [0.1, 0.15) is 0 Å². The van der Waals surface area contributed by atoms with Crippen molar-refractivity contribution in [2.45, 2.75) is 25.8 Å². The third-order valence-electron chi connectivity index (χ3n) is 3.38. The van der Waals surface area contributed by atoms with Gasteiger partial charge in [0.25, 0.3) is 0 Å². The highest BCUT2D eigenvalue weighted by molar-refractivity contribution is 5.97. The van der Waals surface area contributed by atoms with Gasteiger partial charge in [0.15, 0.2) is 11.5 Å². The summed E-state index contributed by atoms with van der Waals surface area (Å²) in [7, 11) is 3.28. The molecule has 0 amide bonds. The van der Waals surface area contributed by atoms with Crippen molar-refractivity contribution in [3.63, 3.8) is 0 Å². The van der Waals surface area contributed by atoms with Crippen molar-refractivity contribution in [2.24, 2.45) is 5.73 Å². The molecule has 0 aliphatic rings. The summed E-state index contributed by atoms with van der Waals surface area (Å²) in [5, 5.41) is 4.35. The van der Waals surface area contributed by atoms with Gasteiger partial charge in [-0.2, -0.15) is 0 Å². The first kappa shape index (κ1) is 15.4. The number of nitrogens with one attached hydrogen (secondary N) is 1. The van der Waals surface area contributed by atoms with Gasteiger partial charge in [-0.25, -0.2) is 0 Å². The summed E-state index contributed by atoms with van der Waals surface area (Å²) >= 11 is 0. The van der Waals surface area contributed by atoms with Crippen LogP contribution in [0.4, 0.5) is 5.69 Å². The Hall–Kier alpha value is -2.01. The van der Waals surface area contributed by atoms with E-state index in [2.05, 4.69) is 10.3 Å². The molecule has 0 saturated carbocycles. The number of aromatic nitrogens is 1. The van der Waals surface area contributed by atoms with Crippen molar-refractivity contribution in [3.05, 3.63) is 24.4 Å². The first-order valence-electron chi connectivity index (χ1n) is 7.16. The Balaban J connectivity index is 2.30. The molecule has 1 atom stereocenters. The van der Waals surface area contributed by atoms with Crippen molar-refractivity contribution < 1.29 is 9.47 Å². The summed E-state index contributed by atoms with van der Waals surface area (Å²) in [6.45, 7) is 2.87. The minimum atomic E-state index is 0.229. The van der Waals surface area contributed by atoms with Crippen LogP contribution in [-0.4, -0.2) is 31.8 Å². The molecule has 21 heavy (non-hydrogen) atoms. The van der Waals surface area contributed by atoms with Crippen molar-refractivity contribution in [1.29, 1.82) is 0 Å². The lowest BCUT2D eigenvalue weighted by Crippen LogP contribution is -2.16. The lowest BCUT2D eigenvalue weighted by molar-refractivity contribution is 0.358. The number of hydrogen-bond donors (Lipinski definition) is 2. The summed E-state index contributed by atoms with van der Waals surface area (Å²) in [6.07, 6.45) is 3.79. The molecule has 1 heterocycles. The number of fused-ring (bicyclic) bond motifs is 1. The van der Waals surface area contributed by atoms with E-state index in [0.717, 1.165) is 36.0 Å². The Labute approximate surface area is 125 Å². The highest BCUT2D eigenvalue weighted by atomic mass is 16.5. The summed E-state index contributed by atoms with van der Waals surface area (Å²) in [4.78, 5) is 4.46. The van der Waals surface area contributed by atoms with Crippen LogP contribution in [0.3, 0.4) is 0 Å². The lowest BCUT2D eigenvalue weighted by Gasteiger charge is -2.15. The number of nitrogens with two attached hydrogens (primary N) is 1. The topological polar surface area (TPSA) is 69.4 Å². The molecule has 1 aromatic carbocycles. The first-order chi connectivity index (χ1) is 10.2. The van der Waals surface area contributed by atoms with Crippen LogP contribution in [0.2, 0.25) is 0 Å². The molecule has 0 saturated heterocycles. The van der Waals surface area contributed by atoms with E-state index >= 15 is 0 Å². The number of nitrogens with zero attached hydrogens (tertiary/aromatic N) is 1. The van der Waals surface area contributed by atoms with E-state index in [1.54, 1.807) is 20.4 Å². The van der Waals surface area contributed by atoms with Crippen LogP contribution in [0.5, 0.6) is 11.5 Å². The zero-order valence-corrected chi connectivity index (χ0v) is 12.8. The van der Waals surface area contributed by atoms with Crippen LogP contribution < -0.4 is 20.5 Å². The second-order valence-electron chi connectivity index (χ2n) is 5.11. The van der Waals surface area contributed by atoms with Gasteiger partial charge in [-0.15, -0.1) is 0 Å². The second kappa shape index (κ2) is 7.13. The van der Waals surface area contributed by atoms with Gasteiger partial charge in [-0.05, 0) is 31.9 Å². The Morgan fingerprint density at radius 3 is 2.81 bits per heavy atom. The second-order valence-corrected chi connectivity index (χ2v) is 5.11.